The molecule has 1 aromatic heterocycles. The fraction of sp³-hybridized carbons (Fsp3) is 0.0417. The number of hydrogen-bond donors (Lipinski definition) is 2. The molecule has 0 spiro atoms. The summed E-state index contributed by atoms with van der Waals surface area (Å²) < 4.78 is 0. The molecule has 2 N–H and O–H groups in total. The second-order valence-electron chi connectivity index (χ2n) is 6.62. The summed E-state index contributed by atoms with van der Waals surface area (Å²) in [4.78, 5) is 29.4. The zero-order chi connectivity index (χ0) is 20.1. The Morgan fingerprint density at radius 2 is 1.38 bits per heavy atom. The molecule has 4 aromatic rings. The first-order valence-electron chi connectivity index (χ1n) is 9.29. The molecule has 29 heavy (non-hydrogen) atoms. The maximum Gasteiger partial charge on any atom is 0.288 e. The van der Waals surface area contributed by atoms with E-state index in [-0.39, 0.29) is 11.6 Å². The highest BCUT2D eigenvalue weighted by atomic mass is 16.2. The maximum atomic E-state index is 12.7. The van der Waals surface area contributed by atoms with Gasteiger partial charge in [0.05, 0.1) is 5.52 Å². The zero-order valence-corrected chi connectivity index (χ0v) is 15.6. The van der Waals surface area contributed by atoms with Gasteiger partial charge in [-0.05, 0) is 35.7 Å². The molecule has 0 saturated heterocycles. The first-order chi connectivity index (χ1) is 14.2. The van der Waals surface area contributed by atoms with Crippen LogP contribution in [0, 0.1) is 0 Å². The summed E-state index contributed by atoms with van der Waals surface area (Å²) in [6.45, 7) is 0. The molecule has 0 aliphatic rings. The van der Waals surface area contributed by atoms with Gasteiger partial charge in [0.2, 0.25) is 0 Å². The third kappa shape index (κ3) is 4.30. The summed E-state index contributed by atoms with van der Waals surface area (Å²) in [5.74, 6) is -0.838. The zero-order valence-electron chi connectivity index (χ0n) is 15.6. The Bertz CT molecular complexity index is 1170. The average molecular weight is 381 g/mol. The van der Waals surface area contributed by atoms with E-state index in [1.807, 2.05) is 72.8 Å². The lowest BCUT2D eigenvalue weighted by molar-refractivity contribution is 0.0843. The van der Waals surface area contributed by atoms with Gasteiger partial charge in [-0.25, -0.2) is 4.98 Å². The molecule has 0 saturated carbocycles. The number of carbonyl (C=O) groups is 2. The number of carbonyl (C=O) groups excluding carboxylic acids is 2. The number of hydrazine groups is 1. The normalized spacial score (nSPS) is 10.5. The molecular formula is C24H19N3O2. The highest BCUT2D eigenvalue weighted by Gasteiger charge is 2.14. The molecule has 0 unspecified atom stereocenters. The van der Waals surface area contributed by atoms with E-state index in [9.17, 15) is 9.59 Å². The number of para-hydroxylation sites is 1. The maximum absolute atomic E-state index is 12.7. The van der Waals surface area contributed by atoms with E-state index in [0.717, 1.165) is 22.0 Å². The second-order valence-corrected chi connectivity index (χ2v) is 6.62. The van der Waals surface area contributed by atoms with Crippen LogP contribution >= 0.6 is 0 Å². The molecule has 142 valence electrons. The molecule has 1 heterocycles. The van der Waals surface area contributed by atoms with Crippen molar-refractivity contribution in [1.82, 2.24) is 15.8 Å². The van der Waals surface area contributed by atoms with Crippen LogP contribution in [0.4, 0.5) is 0 Å². The van der Waals surface area contributed by atoms with Gasteiger partial charge in [-0.1, -0.05) is 72.8 Å². The minimum Gasteiger partial charge on any atom is -0.267 e. The molecule has 0 bridgehead atoms. The van der Waals surface area contributed by atoms with Gasteiger partial charge in [0.15, 0.2) is 0 Å². The molecule has 4 rings (SSSR count). The fourth-order valence-electron chi connectivity index (χ4n) is 3.15. The largest absolute Gasteiger partial charge is 0.288 e. The van der Waals surface area contributed by atoms with E-state index in [4.69, 9.17) is 0 Å². The topological polar surface area (TPSA) is 71.1 Å². The fourth-order valence-corrected chi connectivity index (χ4v) is 3.15. The van der Waals surface area contributed by atoms with Gasteiger partial charge >= 0.3 is 0 Å². The molecule has 0 atom stereocenters. The minimum atomic E-state index is -0.468. The lowest BCUT2D eigenvalue weighted by atomic mass is 9.99. The molecule has 0 aliphatic carbocycles. The van der Waals surface area contributed by atoms with Crippen molar-refractivity contribution in [1.29, 1.82) is 0 Å². The van der Waals surface area contributed by atoms with Crippen LogP contribution < -0.4 is 10.9 Å². The van der Waals surface area contributed by atoms with Gasteiger partial charge in [0.25, 0.3) is 11.8 Å². The van der Waals surface area contributed by atoms with E-state index < -0.39 is 5.91 Å². The number of fused-ring (bicyclic) bond motifs is 1. The number of rotatable bonds is 4. The van der Waals surface area contributed by atoms with Crippen LogP contribution in [0.15, 0.2) is 91.0 Å². The van der Waals surface area contributed by atoms with Crippen molar-refractivity contribution in [3.8, 4) is 0 Å². The Labute approximate surface area is 168 Å². The smallest absolute Gasteiger partial charge is 0.267 e. The van der Waals surface area contributed by atoms with Gasteiger partial charge < -0.3 is 0 Å². The van der Waals surface area contributed by atoms with Gasteiger partial charge in [0.1, 0.15) is 5.69 Å². The van der Waals surface area contributed by atoms with Crippen LogP contribution in [0.2, 0.25) is 0 Å². The number of amides is 2. The summed E-state index contributed by atoms with van der Waals surface area (Å²) in [6, 6.07) is 28.3. The van der Waals surface area contributed by atoms with Crippen LogP contribution in [0.5, 0.6) is 0 Å². The average Bonchev–Trinajstić information content (AvgIpc) is 2.78. The van der Waals surface area contributed by atoms with Gasteiger partial charge in [0, 0.05) is 10.9 Å². The third-order valence-corrected chi connectivity index (χ3v) is 4.62. The summed E-state index contributed by atoms with van der Waals surface area (Å²) in [5.41, 5.74) is 8.41. The Hall–Kier alpha value is -3.99. The number of benzene rings is 3. The van der Waals surface area contributed by atoms with E-state index in [2.05, 4.69) is 15.8 Å². The van der Waals surface area contributed by atoms with Crippen molar-refractivity contribution in [2.45, 2.75) is 6.42 Å². The van der Waals surface area contributed by atoms with Crippen LogP contribution in [0.3, 0.4) is 0 Å². The van der Waals surface area contributed by atoms with Gasteiger partial charge in [-0.2, -0.15) is 0 Å². The van der Waals surface area contributed by atoms with E-state index >= 15 is 0 Å². The summed E-state index contributed by atoms with van der Waals surface area (Å²) in [6.07, 6.45) is 0.630. The number of nitrogens with zero attached hydrogens (tertiary/aromatic N) is 1. The number of nitrogens with one attached hydrogen (secondary N) is 2. The molecule has 0 aliphatic heterocycles. The quantitative estimate of drug-likeness (QED) is 0.527. The van der Waals surface area contributed by atoms with Crippen LogP contribution in [-0.4, -0.2) is 16.8 Å². The number of hydrogen-bond acceptors (Lipinski definition) is 3. The summed E-state index contributed by atoms with van der Waals surface area (Å²) >= 11 is 0. The molecule has 5 heteroatoms. The van der Waals surface area contributed by atoms with Gasteiger partial charge in [-0.15, -0.1) is 0 Å². The standard InChI is InChI=1S/C24H19N3O2/c28-23(20-12-6-4-11-19(20)16-17-8-2-1-3-9-17)26-27-24(29)22-15-14-18-10-5-7-13-21(18)25-22/h1-15H,16H2,(H,26,28)(H,27,29). The highest BCUT2D eigenvalue weighted by Crippen LogP contribution is 2.15. The molecule has 0 fully saturated rings. The SMILES string of the molecule is O=C(NNC(=O)c1ccccc1Cc1ccccc1)c1ccc2ccccc2n1. The first kappa shape index (κ1) is 18.4. The molecule has 5 nitrogen and oxygen atoms in total. The molecule has 2 amide bonds. The number of pyridine rings is 1. The van der Waals surface area contributed by atoms with Crippen molar-refractivity contribution in [3.63, 3.8) is 0 Å². The van der Waals surface area contributed by atoms with Crippen molar-refractivity contribution in [3.05, 3.63) is 113 Å². The van der Waals surface area contributed by atoms with Crippen molar-refractivity contribution >= 4 is 22.7 Å². The Balaban J connectivity index is 1.46. The molecule has 3 aromatic carbocycles. The molecular weight excluding hydrogens is 362 g/mol. The Morgan fingerprint density at radius 1 is 0.690 bits per heavy atom. The summed E-state index contributed by atoms with van der Waals surface area (Å²) in [5, 5.41) is 0.947. The predicted molar refractivity (Wildman–Crippen MR) is 112 cm³/mol. The van der Waals surface area contributed by atoms with Gasteiger partial charge in [-0.3, -0.25) is 20.4 Å². The lowest BCUT2D eigenvalue weighted by Gasteiger charge is -2.11. The molecule has 0 radical (unpaired) electrons. The predicted octanol–water partition coefficient (Wildman–Crippen LogP) is 3.90. The Kier molecular flexibility index (Phi) is 5.29. The lowest BCUT2D eigenvalue weighted by Crippen LogP contribution is -2.42. The van der Waals surface area contributed by atoms with Crippen molar-refractivity contribution in [2.75, 3.05) is 0 Å². The highest BCUT2D eigenvalue weighted by molar-refractivity contribution is 6.00. The summed E-state index contributed by atoms with van der Waals surface area (Å²) in [7, 11) is 0. The van der Waals surface area contributed by atoms with Crippen LogP contribution in [0.25, 0.3) is 10.9 Å². The van der Waals surface area contributed by atoms with Crippen LogP contribution in [-0.2, 0) is 6.42 Å². The monoisotopic (exact) mass is 381 g/mol. The van der Waals surface area contributed by atoms with E-state index in [0.29, 0.717) is 12.0 Å². The van der Waals surface area contributed by atoms with Crippen molar-refractivity contribution in [2.24, 2.45) is 0 Å². The second kappa shape index (κ2) is 8.35. The third-order valence-electron chi connectivity index (χ3n) is 4.62. The van der Waals surface area contributed by atoms with E-state index in [1.165, 1.54) is 0 Å². The van der Waals surface area contributed by atoms with Crippen LogP contribution in [0.1, 0.15) is 32.0 Å². The van der Waals surface area contributed by atoms with E-state index in [1.54, 1.807) is 18.2 Å². The number of aromatic nitrogens is 1. The first-order valence-corrected chi connectivity index (χ1v) is 9.29. The van der Waals surface area contributed by atoms with Crippen molar-refractivity contribution < 1.29 is 9.59 Å². The minimum absolute atomic E-state index is 0.238. The Morgan fingerprint density at radius 3 is 2.24 bits per heavy atom.